The van der Waals surface area contributed by atoms with Crippen LogP contribution >= 0.6 is 0 Å². The topological polar surface area (TPSA) is 59.0 Å². The van der Waals surface area contributed by atoms with Crippen LogP contribution < -0.4 is 9.47 Å². The van der Waals surface area contributed by atoms with Crippen molar-refractivity contribution in [1.29, 1.82) is 0 Å². The van der Waals surface area contributed by atoms with Gasteiger partial charge in [-0.1, -0.05) is 12.1 Å². The van der Waals surface area contributed by atoms with Gasteiger partial charge < -0.3 is 19.5 Å². The average molecular weight is 277 g/mol. The first-order valence-electron chi connectivity index (χ1n) is 7.01. The predicted octanol–water partition coefficient (Wildman–Crippen LogP) is 1.06. The van der Waals surface area contributed by atoms with Gasteiger partial charge in [0.1, 0.15) is 6.10 Å². The van der Waals surface area contributed by atoms with Gasteiger partial charge in [0.2, 0.25) is 6.10 Å². The molecular weight excluding hydrogens is 258 g/mol. The minimum Gasteiger partial charge on any atom is -0.482 e. The van der Waals surface area contributed by atoms with Gasteiger partial charge >= 0.3 is 0 Å². The summed E-state index contributed by atoms with van der Waals surface area (Å²) in [6.07, 6.45) is -0.0752. The van der Waals surface area contributed by atoms with Crippen LogP contribution in [0.2, 0.25) is 0 Å². The van der Waals surface area contributed by atoms with Gasteiger partial charge in [-0.15, -0.1) is 0 Å². The van der Waals surface area contributed by atoms with E-state index in [4.69, 9.17) is 14.6 Å². The smallest absolute Gasteiger partial charge is 0.267 e. The van der Waals surface area contributed by atoms with Crippen LogP contribution in [-0.2, 0) is 4.79 Å². The number of aliphatic hydroxyl groups is 1. The first-order chi connectivity index (χ1) is 9.69. The van der Waals surface area contributed by atoms with Crippen LogP contribution in [0.25, 0.3) is 0 Å². The fraction of sp³-hybridized carbons (Fsp3) is 0.533. The van der Waals surface area contributed by atoms with Crippen LogP contribution in [-0.4, -0.2) is 47.8 Å². The Hall–Kier alpha value is -1.75. The first-order valence-corrected chi connectivity index (χ1v) is 7.01. The lowest BCUT2D eigenvalue weighted by Crippen LogP contribution is -2.50. The summed E-state index contributed by atoms with van der Waals surface area (Å²) in [6, 6.07) is 7.38. The molecule has 0 spiro atoms. The van der Waals surface area contributed by atoms with E-state index in [-0.39, 0.29) is 24.5 Å². The number of ether oxygens (including phenoxy) is 2. The Kier molecular flexibility index (Phi) is 3.53. The van der Waals surface area contributed by atoms with E-state index in [1.807, 2.05) is 31.2 Å². The van der Waals surface area contributed by atoms with Crippen molar-refractivity contribution in [3.63, 3.8) is 0 Å². The van der Waals surface area contributed by atoms with Gasteiger partial charge in [-0.3, -0.25) is 4.79 Å². The lowest BCUT2D eigenvalue weighted by Gasteiger charge is -2.33. The van der Waals surface area contributed by atoms with Gasteiger partial charge in [-0.25, -0.2) is 0 Å². The van der Waals surface area contributed by atoms with Crippen LogP contribution in [0.3, 0.4) is 0 Å². The fourth-order valence-corrected chi connectivity index (χ4v) is 2.75. The van der Waals surface area contributed by atoms with E-state index in [1.165, 1.54) is 0 Å². The summed E-state index contributed by atoms with van der Waals surface area (Å²) in [5.74, 6) is 1.43. The highest BCUT2D eigenvalue weighted by Gasteiger charge is 2.38. The number of fused-ring (bicyclic) bond motifs is 1. The van der Waals surface area contributed by atoms with E-state index in [9.17, 15) is 4.79 Å². The van der Waals surface area contributed by atoms with Crippen LogP contribution in [0.4, 0.5) is 0 Å². The fourth-order valence-electron chi connectivity index (χ4n) is 2.75. The average Bonchev–Trinajstić information content (AvgIpc) is 2.94. The minimum atomic E-state index is -0.609. The van der Waals surface area contributed by atoms with E-state index < -0.39 is 6.10 Å². The van der Waals surface area contributed by atoms with Crippen molar-refractivity contribution in [1.82, 2.24) is 4.90 Å². The third kappa shape index (κ3) is 2.33. The van der Waals surface area contributed by atoms with E-state index in [0.717, 1.165) is 6.42 Å². The number of carbonyl (C=O) groups excluding carboxylic acids is 1. The Morgan fingerprint density at radius 1 is 1.35 bits per heavy atom. The van der Waals surface area contributed by atoms with E-state index in [1.54, 1.807) is 4.90 Å². The summed E-state index contributed by atoms with van der Waals surface area (Å²) in [5.41, 5.74) is 0. The molecule has 0 saturated carbocycles. The maximum atomic E-state index is 12.5. The lowest BCUT2D eigenvalue weighted by molar-refractivity contribution is -0.143. The zero-order valence-electron chi connectivity index (χ0n) is 11.5. The molecule has 0 radical (unpaired) electrons. The molecule has 3 rings (SSSR count). The molecule has 2 heterocycles. The molecule has 0 aliphatic carbocycles. The van der Waals surface area contributed by atoms with Gasteiger partial charge in [-0.2, -0.15) is 0 Å². The SMILES string of the molecule is CC1Oc2ccccc2OC1C(=O)N1CCC(CO)C1. The van der Waals surface area contributed by atoms with Crippen LogP contribution in [0.5, 0.6) is 11.5 Å². The zero-order chi connectivity index (χ0) is 14.1. The normalized spacial score (nSPS) is 28.5. The molecule has 1 fully saturated rings. The highest BCUT2D eigenvalue weighted by molar-refractivity contribution is 5.82. The molecule has 2 aliphatic heterocycles. The van der Waals surface area contributed by atoms with E-state index >= 15 is 0 Å². The molecule has 3 unspecified atom stereocenters. The van der Waals surface area contributed by atoms with Crippen LogP contribution in [0, 0.1) is 5.92 Å². The van der Waals surface area contributed by atoms with Gasteiger partial charge in [0, 0.05) is 25.6 Å². The summed E-state index contributed by atoms with van der Waals surface area (Å²) in [5, 5.41) is 9.16. The second-order valence-corrected chi connectivity index (χ2v) is 5.43. The maximum Gasteiger partial charge on any atom is 0.267 e. The van der Waals surface area contributed by atoms with E-state index in [0.29, 0.717) is 24.6 Å². The summed E-state index contributed by atoms with van der Waals surface area (Å²) in [7, 11) is 0. The van der Waals surface area contributed by atoms with Gasteiger partial charge in [-0.05, 0) is 25.5 Å². The number of para-hydroxylation sites is 2. The molecule has 20 heavy (non-hydrogen) atoms. The van der Waals surface area contributed by atoms with Gasteiger partial charge in [0.15, 0.2) is 11.5 Å². The Labute approximate surface area is 118 Å². The first kappa shape index (κ1) is 13.2. The van der Waals surface area contributed by atoms with Crippen molar-refractivity contribution in [2.24, 2.45) is 5.92 Å². The predicted molar refractivity (Wildman–Crippen MR) is 72.7 cm³/mol. The summed E-state index contributed by atoms with van der Waals surface area (Å²) < 4.78 is 11.6. The standard InChI is InChI=1S/C15H19NO4/c1-10-14(15(18)16-7-6-11(8-16)9-17)20-13-5-3-2-4-12(13)19-10/h2-5,10-11,14,17H,6-9H2,1H3. The molecule has 1 aromatic carbocycles. The van der Waals surface area contributed by atoms with E-state index in [2.05, 4.69) is 0 Å². The highest BCUT2D eigenvalue weighted by Crippen LogP contribution is 2.34. The molecule has 1 amide bonds. The van der Waals surface area contributed by atoms with Crippen molar-refractivity contribution in [3.05, 3.63) is 24.3 Å². The number of aliphatic hydroxyl groups excluding tert-OH is 1. The molecule has 2 aliphatic rings. The molecule has 108 valence electrons. The molecule has 3 atom stereocenters. The third-order valence-electron chi connectivity index (χ3n) is 3.94. The molecule has 5 heteroatoms. The number of likely N-dealkylation sites (tertiary alicyclic amines) is 1. The van der Waals surface area contributed by atoms with Crippen molar-refractivity contribution in [2.45, 2.75) is 25.6 Å². The molecule has 5 nitrogen and oxygen atoms in total. The minimum absolute atomic E-state index is 0.0528. The second kappa shape index (κ2) is 5.32. The highest BCUT2D eigenvalue weighted by atomic mass is 16.6. The van der Waals surface area contributed by atoms with Crippen molar-refractivity contribution >= 4 is 5.91 Å². The molecule has 1 saturated heterocycles. The van der Waals surface area contributed by atoms with Gasteiger partial charge in [0.05, 0.1) is 0 Å². The quantitative estimate of drug-likeness (QED) is 0.878. The maximum absolute atomic E-state index is 12.5. The van der Waals surface area contributed by atoms with Crippen molar-refractivity contribution in [3.8, 4) is 11.5 Å². The third-order valence-corrected chi connectivity index (χ3v) is 3.94. The molecule has 1 N–H and O–H groups in total. The summed E-state index contributed by atoms with van der Waals surface area (Å²) in [4.78, 5) is 14.3. The zero-order valence-corrected chi connectivity index (χ0v) is 11.5. The largest absolute Gasteiger partial charge is 0.482 e. The summed E-state index contributed by atoms with van der Waals surface area (Å²) in [6.45, 7) is 3.25. The Bertz CT molecular complexity index is 504. The Balaban J connectivity index is 1.73. The van der Waals surface area contributed by atoms with Crippen molar-refractivity contribution in [2.75, 3.05) is 19.7 Å². The Morgan fingerprint density at radius 3 is 2.70 bits per heavy atom. The van der Waals surface area contributed by atoms with Crippen molar-refractivity contribution < 1.29 is 19.4 Å². The number of nitrogens with zero attached hydrogens (tertiary/aromatic N) is 1. The molecular formula is C15H19NO4. The number of amides is 1. The second-order valence-electron chi connectivity index (χ2n) is 5.43. The lowest BCUT2D eigenvalue weighted by atomic mass is 10.1. The molecule has 0 bridgehead atoms. The monoisotopic (exact) mass is 277 g/mol. The number of hydrogen-bond donors (Lipinski definition) is 1. The number of carbonyl (C=O) groups is 1. The Morgan fingerprint density at radius 2 is 2.05 bits per heavy atom. The van der Waals surface area contributed by atoms with Gasteiger partial charge in [0.25, 0.3) is 5.91 Å². The number of benzene rings is 1. The summed E-state index contributed by atoms with van der Waals surface area (Å²) >= 11 is 0. The van der Waals surface area contributed by atoms with Crippen LogP contribution in [0.1, 0.15) is 13.3 Å². The number of hydrogen-bond acceptors (Lipinski definition) is 4. The molecule has 0 aromatic heterocycles. The molecule has 1 aromatic rings. The van der Waals surface area contributed by atoms with Crippen LogP contribution in [0.15, 0.2) is 24.3 Å². The number of rotatable bonds is 2.